The highest BCUT2D eigenvalue weighted by Gasteiger charge is 2.47. The minimum atomic E-state index is -0.0434. The zero-order valence-electron chi connectivity index (χ0n) is 13.3. The molecule has 0 heterocycles. The van der Waals surface area contributed by atoms with Gasteiger partial charge in [0, 0.05) is 11.3 Å². The van der Waals surface area contributed by atoms with Gasteiger partial charge in [0.25, 0.3) is 0 Å². The molecule has 2 unspecified atom stereocenters. The number of carbonyl (C=O) groups is 1. The standard InChI is InChI=1S/C16H29NO2S/c1-5-17-14-12(6-7-15(14,2)3)20-11-16(8-9-16)10-13(18)19-4/h12,14,17H,5-11H2,1-4H3. The van der Waals surface area contributed by atoms with Crippen LogP contribution in [0.4, 0.5) is 0 Å². The first kappa shape index (κ1) is 16.2. The van der Waals surface area contributed by atoms with E-state index in [1.54, 1.807) is 0 Å². The van der Waals surface area contributed by atoms with Crippen molar-refractivity contribution in [3.8, 4) is 0 Å². The van der Waals surface area contributed by atoms with Crippen molar-refractivity contribution < 1.29 is 9.53 Å². The van der Waals surface area contributed by atoms with Gasteiger partial charge < -0.3 is 10.1 Å². The predicted octanol–water partition coefficient (Wildman–Crippen LogP) is 3.23. The molecule has 2 fully saturated rings. The van der Waals surface area contributed by atoms with Gasteiger partial charge in [0.05, 0.1) is 13.5 Å². The van der Waals surface area contributed by atoms with Crippen molar-refractivity contribution in [1.82, 2.24) is 5.32 Å². The van der Waals surface area contributed by atoms with Crippen molar-refractivity contribution >= 4 is 17.7 Å². The molecule has 1 N–H and O–H groups in total. The van der Waals surface area contributed by atoms with Gasteiger partial charge in [-0.2, -0.15) is 11.8 Å². The van der Waals surface area contributed by atoms with Crippen molar-refractivity contribution in [1.29, 1.82) is 0 Å². The van der Waals surface area contributed by atoms with Crippen LogP contribution in [0.25, 0.3) is 0 Å². The van der Waals surface area contributed by atoms with E-state index in [0.29, 0.717) is 23.1 Å². The minimum absolute atomic E-state index is 0.0434. The minimum Gasteiger partial charge on any atom is -0.469 e. The van der Waals surface area contributed by atoms with Gasteiger partial charge in [-0.25, -0.2) is 0 Å². The first-order valence-electron chi connectivity index (χ1n) is 7.84. The fraction of sp³-hybridized carbons (Fsp3) is 0.938. The molecule has 2 aliphatic carbocycles. The summed E-state index contributed by atoms with van der Waals surface area (Å²) in [5.41, 5.74) is 0.647. The maximum Gasteiger partial charge on any atom is 0.306 e. The van der Waals surface area contributed by atoms with Gasteiger partial charge in [-0.3, -0.25) is 4.79 Å². The number of esters is 1. The molecule has 0 spiro atoms. The second kappa shape index (κ2) is 6.27. The van der Waals surface area contributed by atoms with Crippen molar-refractivity contribution in [3.05, 3.63) is 0 Å². The zero-order chi connectivity index (χ0) is 14.8. The molecule has 116 valence electrons. The summed E-state index contributed by atoms with van der Waals surface area (Å²) < 4.78 is 4.83. The van der Waals surface area contributed by atoms with E-state index in [4.69, 9.17) is 4.74 Å². The summed E-state index contributed by atoms with van der Waals surface area (Å²) in [5, 5.41) is 4.38. The van der Waals surface area contributed by atoms with Gasteiger partial charge in [-0.05, 0) is 48.8 Å². The molecule has 0 aromatic carbocycles. The number of thioether (sulfide) groups is 1. The Morgan fingerprint density at radius 1 is 1.35 bits per heavy atom. The summed E-state index contributed by atoms with van der Waals surface area (Å²) in [5.74, 6) is 1.07. The van der Waals surface area contributed by atoms with E-state index >= 15 is 0 Å². The first-order chi connectivity index (χ1) is 9.42. The molecule has 4 heteroatoms. The van der Waals surface area contributed by atoms with Crippen LogP contribution in [0, 0.1) is 10.8 Å². The molecule has 0 aromatic rings. The van der Waals surface area contributed by atoms with Crippen LogP contribution in [-0.2, 0) is 9.53 Å². The lowest BCUT2D eigenvalue weighted by Crippen LogP contribution is -2.43. The van der Waals surface area contributed by atoms with E-state index in [-0.39, 0.29) is 11.4 Å². The Balaban J connectivity index is 1.86. The van der Waals surface area contributed by atoms with E-state index in [1.807, 2.05) is 0 Å². The molecule has 2 aliphatic rings. The molecule has 20 heavy (non-hydrogen) atoms. The molecule has 0 amide bonds. The SMILES string of the molecule is CCNC1C(SCC2(CC(=O)OC)CC2)CCC1(C)C. The molecular weight excluding hydrogens is 270 g/mol. The number of nitrogens with one attached hydrogen (secondary N) is 1. The molecule has 2 saturated carbocycles. The summed E-state index contributed by atoms with van der Waals surface area (Å²) in [6.07, 6.45) is 5.59. The monoisotopic (exact) mass is 299 g/mol. The Hall–Kier alpha value is -0.220. The molecule has 3 nitrogen and oxygen atoms in total. The highest BCUT2D eigenvalue weighted by atomic mass is 32.2. The summed E-state index contributed by atoms with van der Waals surface area (Å²) in [6, 6.07) is 0.603. The average Bonchev–Trinajstić information content (AvgIpc) is 3.10. The predicted molar refractivity (Wildman–Crippen MR) is 85.0 cm³/mol. The van der Waals surface area contributed by atoms with Crippen LogP contribution < -0.4 is 5.32 Å². The number of methoxy groups -OCH3 is 1. The Morgan fingerprint density at radius 3 is 2.60 bits per heavy atom. The lowest BCUT2D eigenvalue weighted by molar-refractivity contribution is -0.141. The van der Waals surface area contributed by atoms with Gasteiger partial charge >= 0.3 is 5.97 Å². The maximum atomic E-state index is 11.5. The Labute approximate surface area is 127 Å². The zero-order valence-corrected chi connectivity index (χ0v) is 14.1. The van der Waals surface area contributed by atoms with Crippen LogP contribution in [0.15, 0.2) is 0 Å². The third-order valence-electron chi connectivity index (χ3n) is 5.02. The Bertz CT molecular complexity index is 352. The van der Waals surface area contributed by atoms with Crippen molar-refractivity contribution in [2.45, 2.75) is 64.2 Å². The number of hydrogen-bond donors (Lipinski definition) is 1. The van der Waals surface area contributed by atoms with E-state index in [2.05, 4.69) is 37.8 Å². The number of rotatable bonds is 7. The van der Waals surface area contributed by atoms with Gasteiger partial charge in [0.15, 0.2) is 0 Å². The van der Waals surface area contributed by atoms with Crippen molar-refractivity contribution in [2.75, 3.05) is 19.4 Å². The van der Waals surface area contributed by atoms with Gasteiger partial charge in [-0.1, -0.05) is 20.8 Å². The van der Waals surface area contributed by atoms with E-state index < -0.39 is 0 Å². The third kappa shape index (κ3) is 3.70. The molecular formula is C16H29NO2S. The lowest BCUT2D eigenvalue weighted by Gasteiger charge is -2.31. The number of hydrogen-bond acceptors (Lipinski definition) is 4. The largest absolute Gasteiger partial charge is 0.469 e. The van der Waals surface area contributed by atoms with Crippen LogP contribution in [0.2, 0.25) is 0 Å². The molecule has 0 radical (unpaired) electrons. The van der Waals surface area contributed by atoms with Gasteiger partial charge in [0.1, 0.15) is 0 Å². The van der Waals surface area contributed by atoms with Crippen LogP contribution in [0.3, 0.4) is 0 Å². The van der Waals surface area contributed by atoms with E-state index in [0.717, 1.165) is 12.3 Å². The molecule has 0 bridgehead atoms. The van der Waals surface area contributed by atoms with Crippen molar-refractivity contribution in [2.24, 2.45) is 10.8 Å². The quantitative estimate of drug-likeness (QED) is 0.733. The van der Waals surface area contributed by atoms with Crippen molar-refractivity contribution in [3.63, 3.8) is 0 Å². The Morgan fingerprint density at radius 2 is 2.05 bits per heavy atom. The van der Waals surface area contributed by atoms with Gasteiger partial charge in [-0.15, -0.1) is 0 Å². The normalized spacial score (nSPS) is 30.2. The van der Waals surface area contributed by atoms with Crippen LogP contribution >= 0.6 is 11.8 Å². The first-order valence-corrected chi connectivity index (χ1v) is 8.89. The average molecular weight is 299 g/mol. The van der Waals surface area contributed by atoms with Gasteiger partial charge in [0.2, 0.25) is 0 Å². The highest BCUT2D eigenvalue weighted by molar-refractivity contribution is 8.00. The number of carbonyl (C=O) groups excluding carboxylic acids is 1. The summed E-state index contributed by atoms with van der Waals surface area (Å²) in [6.45, 7) is 7.98. The summed E-state index contributed by atoms with van der Waals surface area (Å²) >= 11 is 2.09. The van der Waals surface area contributed by atoms with Crippen LogP contribution in [0.5, 0.6) is 0 Å². The molecule has 0 saturated heterocycles. The topological polar surface area (TPSA) is 38.3 Å². The third-order valence-corrected chi connectivity index (χ3v) is 6.73. The van der Waals surface area contributed by atoms with Crippen LogP contribution in [-0.4, -0.2) is 36.7 Å². The van der Waals surface area contributed by atoms with Crippen LogP contribution in [0.1, 0.15) is 52.9 Å². The van der Waals surface area contributed by atoms with E-state index in [1.165, 1.54) is 32.8 Å². The van der Waals surface area contributed by atoms with E-state index in [9.17, 15) is 4.79 Å². The maximum absolute atomic E-state index is 11.5. The smallest absolute Gasteiger partial charge is 0.306 e. The lowest BCUT2D eigenvalue weighted by atomic mass is 9.87. The Kier molecular flexibility index (Phi) is 5.06. The summed E-state index contributed by atoms with van der Waals surface area (Å²) in [4.78, 5) is 11.5. The molecule has 2 rings (SSSR count). The highest BCUT2D eigenvalue weighted by Crippen LogP contribution is 2.53. The molecule has 0 aliphatic heterocycles. The second-order valence-corrected chi connectivity index (χ2v) is 8.39. The molecule has 2 atom stereocenters. The fourth-order valence-corrected chi connectivity index (χ4v) is 5.26. The number of ether oxygens (including phenoxy) is 1. The fourth-order valence-electron chi connectivity index (χ4n) is 3.36. The molecule has 0 aromatic heterocycles. The second-order valence-electron chi connectivity index (χ2n) is 7.16. The summed E-state index contributed by atoms with van der Waals surface area (Å²) in [7, 11) is 1.49.